The van der Waals surface area contributed by atoms with Gasteiger partial charge in [0.2, 0.25) is 0 Å². The lowest BCUT2D eigenvalue weighted by molar-refractivity contribution is -0.143. The number of fused-ring (bicyclic) bond motifs is 1. The molecular formula is C17H28O2. The Morgan fingerprint density at radius 3 is 2.32 bits per heavy atom. The predicted octanol–water partition coefficient (Wildman–Crippen LogP) is 4.20. The number of hydrogen-bond acceptors (Lipinski definition) is 1. The predicted molar refractivity (Wildman–Crippen MR) is 75.7 cm³/mol. The standard InChI is InChI=1S/C17H28O2/c1-10(14(18)19)16(4)8-12(16)6-11-7-13-9-17(13,5)15(11,2)3/h10-13H,6-9H2,1-5H3,(H,18,19)/t10?,11-,12?,13-,16?,17+/m1/s1. The van der Waals surface area contributed by atoms with E-state index in [1.807, 2.05) is 6.92 Å². The second kappa shape index (κ2) is 3.56. The molecule has 0 bridgehead atoms. The van der Waals surface area contributed by atoms with E-state index in [1.54, 1.807) is 0 Å². The summed E-state index contributed by atoms with van der Waals surface area (Å²) in [6.07, 6.45) is 5.18. The Morgan fingerprint density at radius 1 is 1.21 bits per heavy atom. The number of hydrogen-bond donors (Lipinski definition) is 1. The van der Waals surface area contributed by atoms with Crippen LogP contribution in [0.4, 0.5) is 0 Å². The van der Waals surface area contributed by atoms with E-state index in [-0.39, 0.29) is 11.3 Å². The largest absolute Gasteiger partial charge is 0.481 e. The first-order valence-corrected chi connectivity index (χ1v) is 7.86. The van der Waals surface area contributed by atoms with Crippen LogP contribution in [0.25, 0.3) is 0 Å². The fourth-order valence-electron chi connectivity index (χ4n) is 5.06. The van der Waals surface area contributed by atoms with E-state index in [0.717, 1.165) is 18.3 Å². The van der Waals surface area contributed by atoms with Crippen LogP contribution < -0.4 is 0 Å². The number of carbonyl (C=O) groups is 1. The lowest BCUT2D eigenvalue weighted by Crippen LogP contribution is -2.29. The van der Waals surface area contributed by atoms with Gasteiger partial charge in [-0.1, -0.05) is 34.6 Å². The fourth-order valence-corrected chi connectivity index (χ4v) is 5.06. The number of carboxylic acids is 1. The first-order valence-electron chi connectivity index (χ1n) is 7.86. The maximum Gasteiger partial charge on any atom is 0.306 e. The van der Waals surface area contributed by atoms with Gasteiger partial charge >= 0.3 is 5.97 Å². The summed E-state index contributed by atoms with van der Waals surface area (Å²) in [6.45, 7) is 11.4. The van der Waals surface area contributed by atoms with Crippen molar-refractivity contribution in [2.24, 2.45) is 39.9 Å². The van der Waals surface area contributed by atoms with Gasteiger partial charge in [-0.05, 0) is 59.7 Å². The molecule has 0 radical (unpaired) electrons. The van der Waals surface area contributed by atoms with Crippen molar-refractivity contribution in [1.82, 2.24) is 0 Å². The molecule has 3 fully saturated rings. The van der Waals surface area contributed by atoms with E-state index < -0.39 is 5.97 Å². The molecule has 1 N–H and O–H groups in total. The van der Waals surface area contributed by atoms with Crippen molar-refractivity contribution >= 4 is 5.97 Å². The second-order valence-corrected chi connectivity index (χ2v) is 8.68. The summed E-state index contributed by atoms with van der Waals surface area (Å²) in [6, 6.07) is 0. The molecule has 2 nitrogen and oxygen atoms in total. The summed E-state index contributed by atoms with van der Waals surface area (Å²) in [5.41, 5.74) is 1.10. The molecule has 2 heteroatoms. The molecule has 3 aliphatic carbocycles. The van der Waals surface area contributed by atoms with Gasteiger partial charge in [-0.2, -0.15) is 0 Å². The van der Waals surface area contributed by atoms with E-state index in [2.05, 4.69) is 27.7 Å². The Labute approximate surface area is 117 Å². The van der Waals surface area contributed by atoms with Crippen molar-refractivity contribution in [2.45, 2.75) is 60.3 Å². The van der Waals surface area contributed by atoms with Crippen LogP contribution in [0.1, 0.15) is 60.3 Å². The maximum atomic E-state index is 11.2. The molecule has 0 aliphatic heterocycles. The van der Waals surface area contributed by atoms with E-state index in [9.17, 15) is 9.90 Å². The van der Waals surface area contributed by atoms with Crippen molar-refractivity contribution in [1.29, 1.82) is 0 Å². The number of carboxylic acid groups (broad SMARTS) is 1. The van der Waals surface area contributed by atoms with Gasteiger partial charge in [0.1, 0.15) is 0 Å². The van der Waals surface area contributed by atoms with Crippen LogP contribution in [0, 0.1) is 39.9 Å². The van der Waals surface area contributed by atoms with Gasteiger partial charge in [0.25, 0.3) is 0 Å². The highest BCUT2D eigenvalue weighted by atomic mass is 16.4. The molecule has 3 aliphatic rings. The van der Waals surface area contributed by atoms with Crippen molar-refractivity contribution < 1.29 is 9.90 Å². The zero-order chi connectivity index (χ0) is 14.2. The van der Waals surface area contributed by atoms with Gasteiger partial charge in [0.05, 0.1) is 5.92 Å². The molecule has 0 aromatic carbocycles. The van der Waals surface area contributed by atoms with Crippen molar-refractivity contribution in [3.63, 3.8) is 0 Å². The number of rotatable bonds is 4. The second-order valence-electron chi connectivity index (χ2n) is 8.68. The van der Waals surface area contributed by atoms with E-state index in [0.29, 0.717) is 16.7 Å². The van der Waals surface area contributed by atoms with E-state index in [4.69, 9.17) is 0 Å². The summed E-state index contributed by atoms with van der Waals surface area (Å²) < 4.78 is 0. The zero-order valence-corrected chi connectivity index (χ0v) is 13.0. The van der Waals surface area contributed by atoms with Crippen molar-refractivity contribution in [2.75, 3.05) is 0 Å². The Hall–Kier alpha value is -0.530. The lowest BCUT2D eigenvalue weighted by Gasteiger charge is -2.36. The maximum absolute atomic E-state index is 11.2. The van der Waals surface area contributed by atoms with Crippen LogP contribution in [-0.2, 0) is 4.79 Å². The first kappa shape index (κ1) is 13.5. The van der Waals surface area contributed by atoms with Crippen molar-refractivity contribution in [3.8, 4) is 0 Å². The van der Waals surface area contributed by atoms with Gasteiger partial charge in [-0.15, -0.1) is 0 Å². The Morgan fingerprint density at radius 2 is 1.84 bits per heavy atom. The Kier molecular flexibility index (Phi) is 2.52. The average molecular weight is 264 g/mol. The highest BCUT2D eigenvalue weighted by Crippen LogP contribution is 2.76. The van der Waals surface area contributed by atoms with Gasteiger partial charge in [0.15, 0.2) is 0 Å². The van der Waals surface area contributed by atoms with Crippen LogP contribution >= 0.6 is 0 Å². The Bertz CT molecular complexity index is 427. The minimum Gasteiger partial charge on any atom is -0.481 e. The third kappa shape index (κ3) is 1.64. The summed E-state index contributed by atoms with van der Waals surface area (Å²) in [5.74, 6) is 1.60. The Balaban J connectivity index is 1.65. The third-order valence-corrected chi connectivity index (χ3v) is 7.86. The van der Waals surface area contributed by atoms with Crippen LogP contribution in [0.2, 0.25) is 0 Å². The highest BCUT2D eigenvalue weighted by molar-refractivity contribution is 5.71. The topological polar surface area (TPSA) is 37.3 Å². The average Bonchev–Trinajstić information content (AvgIpc) is 3.14. The molecule has 108 valence electrons. The normalized spacial score (nSPS) is 51.5. The summed E-state index contributed by atoms with van der Waals surface area (Å²) in [7, 11) is 0. The molecule has 0 amide bonds. The minimum atomic E-state index is -0.620. The smallest absolute Gasteiger partial charge is 0.306 e. The molecule has 3 saturated carbocycles. The molecule has 3 unspecified atom stereocenters. The zero-order valence-electron chi connectivity index (χ0n) is 13.0. The van der Waals surface area contributed by atoms with Gasteiger partial charge in [-0.25, -0.2) is 0 Å². The highest BCUT2D eigenvalue weighted by Gasteiger charge is 2.68. The quantitative estimate of drug-likeness (QED) is 0.826. The SMILES string of the molecule is CC(C(=O)O)C1(C)CC1C[C@@H]1C[C@@H]2C[C@]2(C)C1(C)C. The molecule has 6 atom stereocenters. The summed E-state index contributed by atoms with van der Waals surface area (Å²) in [4.78, 5) is 11.2. The molecule has 0 spiro atoms. The lowest BCUT2D eigenvalue weighted by atomic mass is 9.69. The van der Waals surface area contributed by atoms with E-state index in [1.165, 1.54) is 19.3 Å². The van der Waals surface area contributed by atoms with Gasteiger partial charge in [-0.3, -0.25) is 4.79 Å². The molecule has 0 aromatic rings. The molecule has 19 heavy (non-hydrogen) atoms. The van der Waals surface area contributed by atoms with Gasteiger partial charge < -0.3 is 5.11 Å². The monoisotopic (exact) mass is 264 g/mol. The van der Waals surface area contributed by atoms with Crippen molar-refractivity contribution in [3.05, 3.63) is 0 Å². The molecule has 0 aromatic heterocycles. The molecule has 3 rings (SSSR count). The van der Waals surface area contributed by atoms with Crippen LogP contribution in [0.15, 0.2) is 0 Å². The fraction of sp³-hybridized carbons (Fsp3) is 0.941. The number of aliphatic carboxylic acids is 1. The third-order valence-electron chi connectivity index (χ3n) is 7.86. The first-order chi connectivity index (χ1) is 8.63. The van der Waals surface area contributed by atoms with Crippen LogP contribution in [-0.4, -0.2) is 11.1 Å². The van der Waals surface area contributed by atoms with Crippen LogP contribution in [0.3, 0.4) is 0 Å². The summed E-state index contributed by atoms with van der Waals surface area (Å²) >= 11 is 0. The minimum absolute atomic E-state index is 0.0651. The van der Waals surface area contributed by atoms with E-state index >= 15 is 0 Å². The molecular weight excluding hydrogens is 236 g/mol. The summed E-state index contributed by atoms with van der Waals surface area (Å²) in [5, 5.41) is 9.23. The molecule has 0 saturated heterocycles. The molecule has 0 heterocycles. The van der Waals surface area contributed by atoms with Gasteiger partial charge in [0, 0.05) is 0 Å². The van der Waals surface area contributed by atoms with Crippen LogP contribution in [0.5, 0.6) is 0 Å².